The first-order valence-electron chi connectivity index (χ1n) is 8.24. The first-order valence-corrected chi connectivity index (χ1v) is 12.6. The van der Waals surface area contributed by atoms with E-state index in [2.05, 4.69) is 33.9 Å². The minimum atomic E-state index is -3.95. The third kappa shape index (κ3) is 5.63. The molecule has 0 fully saturated rings. The Labute approximate surface area is 152 Å². The Bertz CT molecular complexity index is 709. The van der Waals surface area contributed by atoms with E-state index in [0.717, 1.165) is 5.56 Å². The van der Waals surface area contributed by atoms with Crippen molar-refractivity contribution < 1.29 is 17.6 Å². The topological polar surface area (TPSA) is 98.5 Å². The number of carbonyl (C=O) groups is 1. The Morgan fingerprint density at radius 3 is 2.12 bits per heavy atom. The fraction of sp³-hybridized carbons (Fsp3) is 0.588. The highest BCUT2D eigenvalue weighted by Gasteiger charge is 2.40. The van der Waals surface area contributed by atoms with Crippen LogP contribution in [0.25, 0.3) is 0 Å². The van der Waals surface area contributed by atoms with Gasteiger partial charge in [-0.2, -0.15) is 0 Å². The predicted octanol–water partition coefficient (Wildman–Crippen LogP) is 2.54. The number of carbonyl (C=O) groups excluding carboxylic acids is 1. The number of nitrogens with two attached hydrogens (primary N) is 1. The summed E-state index contributed by atoms with van der Waals surface area (Å²) in [6, 6.07) is 5.16. The highest BCUT2D eigenvalue weighted by Crippen LogP contribution is 2.37. The fourth-order valence-electron chi connectivity index (χ4n) is 1.90. The maximum Gasteiger partial charge on any atom is 0.264 e. The molecule has 1 rings (SSSR count). The molecule has 0 aliphatic heterocycles. The monoisotopic (exact) mass is 386 g/mol. The van der Waals surface area contributed by atoms with E-state index in [0.29, 0.717) is 0 Å². The Hall–Kier alpha value is -1.22. The van der Waals surface area contributed by atoms with Gasteiger partial charge in [0.05, 0.1) is 11.0 Å². The fourth-order valence-corrected chi connectivity index (χ4v) is 4.35. The normalized spacial score (nSPS) is 15.5. The Balaban J connectivity index is 2.84. The number of aryl methyl sites for hydroxylation is 1. The maximum atomic E-state index is 12.3. The summed E-state index contributed by atoms with van der Waals surface area (Å²) in [5.41, 5.74) is 6.87. The van der Waals surface area contributed by atoms with Crippen LogP contribution in [-0.2, 0) is 19.2 Å². The third-order valence-corrected chi connectivity index (χ3v) is 10.6. The van der Waals surface area contributed by atoms with Gasteiger partial charge in [-0.15, -0.1) is 0 Å². The molecule has 8 heteroatoms. The molecule has 0 bridgehead atoms. The van der Waals surface area contributed by atoms with Crippen molar-refractivity contribution in [2.45, 2.75) is 69.8 Å². The Morgan fingerprint density at radius 2 is 1.68 bits per heavy atom. The lowest BCUT2D eigenvalue weighted by atomic mass is 10.2. The largest absolute Gasteiger partial charge is 0.412 e. The second-order valence-corrected chi connectivity index (χ2v) is 14.3. The van der Waals surface area contributed by atoms with Crippen molar-refractivity contribution in [1.82, 2.24) is 4.72 Å². The molecule has 1 aromatic rings. The molecular formula is C17H30N2O4SSi. The van der Waals surface area contributed by atoms with Crippen LogP contribution in [0.5, 0.6) is 0 Å². The number of sulfonamides is 1. The highest BCUT2D eigenvalue weighted by atomic mass is 32.2. The molecule has 142 valence electrons. The van der Waals surface area contributed by atoms with Gasteiger partial charge in [-0.05, 0) is 44.1 Å². The molecule has 0 aliphatic carbocycles. The number of benzene rings is 1. The molecule has 0 radical (unpaired) electrons. The zero-order chi connectivity index (χ0) is 19.6. The standard InChI is InChI=1S/C17H30N2O4SSi/c1-12-8-10-14(11-9-12)24(21,22)19-16(20)15(18)13(2)23-25(6,7)17(3,4)5/h8-11,13,15H,18H2,1-7H3,(H,19,20)/t13-,15+/m1/s1. The zero-order valence-electron chi connectivity index (χ0n) is 16.1. The summed E-state index contributed by atoms with van der Waals surface area (Å²) in [6.45, 7) is 13.9. The first-order chi connectivity index (χ1) is 11.2. The van der Waals surface area contributed by atoms with Crippen LogP contribution in [0.3, 0.4) is 0 Å². The molecule has 25 heavy (non-hydrogen) atoms. The third-order valence-electron chi connectivity index (χ3n) is 4.66. The van der Waals surface area contributed by atoms with Crippen LogP contribution in [0, 0.1) is 6.92 Å². The van der Waals surface area contributed by atoms with Crippen molar-refractivity contribution >= 4 is 24.2 Å². The molecule has 3 N–H and O–H groups in total. The van der Waals surface area contributed by atoms with Crippen molar-refractivity contribution in [3.05, 3.63) is 29.8 Å². The van der Waals surface area contributed by atoms with Gasteiger partial charge in [-0.3, -0.25) is 4.79 Å². The summed E-state index contributed by atoms with van der Waals surface area (Å²) in [5.74, 6) is -0.771. The van der Waals surface area contributed by atoms with Crippen molar-refractivity contribution in [2.75, 3.05) is 0 Å². The molecule has 6 nitrogen and oxygen atoms in total. The van der Waals surface area contributed by atoms with E-state index in [4.69, 9.17) is 10.2 Å². The van der Waals surface area contributed by atoms with Crippen LogP contribution in [0.1, 0.15) is 33.3 Å². The molecule has 0 saturated carbocycles. The van der Waals surface area contributed by atoms with Crippen molar-refractivity contribution in [3.63, 3.8) is 0 Å². The van der Waals surface area contributed by atoms with E-state index in [9.17, 15) is 13.2 Å². The van der Waals surface area contributed by atoms with Crippen molar-refractivity contribution in [3.8, 4) is 0 Å². The van der Waals surface area contributed by atoms with E-state index in [1.807, 2.05) is 11.6 Å². The quantitative estimate of drug-likeness (QED) is 0.732. The first kappa shape index (κ1) is 21.8. The zero-order valence-corrected chi connectivity index (χ0v) is 17.9. The Morgan fingerprint density at radius 1 is 1.20 bits per heavy atom. The second-order valence-electron chi connectivity index (χ2n) is 7.89. The molecule has 0 unspecified atom stereocenters. The number of hydrogen-bond donors (Lipinski definition) is 2. The molecule has 0 aromatic heterocycles. The van der Waals surface area contributed by atoms with Gasteiger partial charge in [0.25, 0.3) is 15.9 Å². The van der Waals surface area contributed by atoms with Crippen LogP contribution < -0.4 is 10.5 Å². The SMILES string of the molecule is Cc1ccc(S(=O)(=O)NC(=O)[C@@H](N)[C@@H](C)O[Si](C)(C)C(C)(C)C)cc1. The summed E-state index contributed by atoms with van der Waals surface area (Å²) in [7, 11) is -6.07. The number of nitrogens with one attached hydrogen (secondary N) is 1. The predicted molar refractivity (Wildman–Crippen MR) is 102 cm³/mol. The van der Waals surface area contributed by atoms with Gasteiger partial charge in [0, 0.05) is 0 Å². The van der Waals surface area contributed by atoms with E-state index in [1.165, 1.54) is 12.1 Å². The highest BCUT2D eigenvalue weighted by molar-refractivity contribution is 7.90. The molecule has 1 amide bonds. The average Bonchev–Trinajstić information content (AvgIpc) is 2.44. The molecule has 0 saturated heterocycles. The van der Waals surface area contributed by atoms with E-state index in [-0.39, 0.29) is 9.93 Å². The van der Waals surface area contributed by atoms with Gasteiger partial charge in [-0.25, -0.2) is 13.1 Å². The van der Waals surface area contributed by atoms with Crippen LogP contribution in [0.15, 0.2) is 29.2 Å². The smallest absolute Gasteiger partial charge is 0.264 e. The average molecular weight is 387 g/mol. The molecule has 2 atom stereocenters. The number of amides is 1. The summed E-state index contributed by atoms with van der Waals surface area (Å²) in [5, 5.41) is -0.0363. The van der Waals surface area contributed by atoms with Crippen molar-refractivity contribution in [1.29, 1.82) is 0 Å². The lowest BCUT2D eigenvalue weighted by Crippen LogP contribution is -2.54. The van der Waals surface area contributed by atoms with Crippen LogP contribution >= 0.6 is 0 Å². The van der Waals surface area contributed by atoms with E-state index >= 15 is 0 Å². The van der Waals surface area contributed by atoms with Gasteiger partial charge in [-0.1, -0.05) is 38.5 Å². The van der Waals surface area contributed by atoms with Gasteiger partial charge in [0.15, 0.2) is 8.32 Å². The summed E-state index contributed by atoms with van der Waals surface area (Å²) < 4.78 is 32.7. The van der Waals surface area contributed by atoms with E-state index < -0.39 is 36.4 Å². The molecular weight excluding hydrogens is 356 g/mol. The van der Waals surface area contributed by atoms with E-state index in [1.54, 1.807) is 19.1 Å². The number of hydrogen-bond acceptors (Lipinski definition) is 5. The number of rotatable bonds is 6. The van der Waals surface area contributed by atoms with Gasteiger partial charge >= 0.3 is 0 Å². The van der Waals surface area contributed by atoms with Gasteiger partial charge < -0.3 is 10.2 Å². The van der Waals surface area contributed by atoms with Crippen LogP contribution in [-0.4, -0.2) is 34.8 Å². The molecule has 0 aliphatic rings. The summed E-state index contributed by atoms with van der Waals surface area (Å²) in [4.78, 5) is 12.3. The minimum Gasteiger partial charge on any atom is -0.412 e. The second kappa shape index (κ2) is 7.57. The van der Waals surface area contributed by atoms with Crippen LogP contribution in [0.4, 0.5) is 0 Å². The Kier molecular flexibility index (Phi) is 6.61. The molecule has 1 aromatic carbocycles. The van der Waals surface area contributed by atoms with Crippen LogP contribution in [0.2, 0.25) is 18.1 Å². The molecule has 0 spiro atoms. The lowest BCUT2D eigenvalue weighted by Gasteiger charge is -2.39. The van der Waals surface area contributed by atoms with Gasteiger partial charge in [0.2, 0.25) is 0 Å². The van der Waals surface area contributed by atoms with Crippen molar-refractivity contribution in [2.24, 2.45) is 5.73 Å². The van der Waals surface area contributed by atoms with Gasteiger partial charge in [0.1, 0.15) is 6.04 Å². The summed E-state index contributed by atoms with van der Waals surface area (Å²) >= 11 is 0. The minimum absolute atomic E-state index is 0.0246. The summed E-state index contributed by atoms with van der Waals surface area (Å²) in [6.07, 6.45) is -0.589. The lowest BCUT2D eigenvalue weighted by molar-refractivity contribution is -0.122. The molecule has 0 heterocycles. The maximum absolute atomic E-state index is 12.3.